The third-order valence-electron chi connectivity index (χ3n) is 4.72. The fraction of sp³-hybridized carbons (Fsp3) is 1.00. The fourth-order valence-electron chi connectivity index (χ4n) is 3.17. The average Bonchev–Trinajstić information content (AvgIpc) is 2.34. The Bertz CT molecular complexity index is 393. The first-order valence-corrected chi connectivity index (χ1v) is 9.66. The molecule has 1 aliphatic rings. The van der Waals surface area contributed by atoms with E-state index < -0.39 is 9.84 Å². The van der Waals surface area contributed by atoms with Crippen molar-refractivity contribution >= 4 is 9.84 Å². The van der Waals surface area contributed by atoms with Crippen molar-refractivity contribution < 1.29 is 13.2 Å². The zero-order valence-corrected chi connectivity index (χ0v) is 14.5. The maximum Gasteiger partial charge on any atom is 0.147 e. The average molecular weight is 305 g/mol. The highest BCUT2D eigenvalue weighted by Gasteiger charge is 2.43. The molecule has 120 valence electrons. The molecular formula is C15H31NO3S. The predicted molar refractivity (Wildman–Crippen MR) is 83.8 cm³/mol. The van der Waals surface area contributed by atoms with Gasteiger partial charge in [0.25, 0.3) is 0 Å². The minimum Gasteiger partial charge on any atom is -0.377 e. The van der Waals surface area contributed by atoms with Gasteiger partial charge in [0.2, 0.25) is 0 Å². The van der Waals surface area contributed by atoms with Gasteiger partial charge in [-0.2, -0.15) is 0 Å². The van der Waals surface area contributed by atoms with Crippen molar-refractivity contribution in [3.8, 4) is 0 Å². The monoisotopic (exact) mass is 305 g/mol. The lowest BCUT2D eigenvalue weighted by atomic mass is 9.68. The van der Waals surface area contributed by atoms with E-state index in [4.69, 9.17) is 4.74 Å². The molecule has 0 heterocycles. The largest absolute Gasteiger partial charge is 0.377 e. The van der Waals surface area contributed by atoms with Gasteiger partial charge in [0.05, 0.1) is 11.4 Å². The molecule has 1 unspecified atom stereocenters. The van der Waals surface area contributed by atoms with Gasteiger partial charge in [-0.05, 0) is 44.1 Å². The van der Waals surface area contributed by atoms with Crippen molar-refractivity contribution in [2.45, 2.75) is 64.5 Å². The number of hydrogen-bond donors (Lipinski definition) is 1. The molecule has 1 fully saturated rings. The number of likely N-dealkylation sites (N-methyl/N-ethyl adjacent to an activating group) is 1. The van der Waals surface area contributed by atoms with E-state index >= 15 is 0 Å². The van der Waals surface area contributed by atoms with Gasteiger partial charge >= 0.3 is 0 Å². The molecule has 1 N–H and O–H groups in total. The van der Waals surface area contributed by atoms with E-state index in [0.29, 0.717) is 11.8 Å². The van der Waals surface area contributed by atoms with E-state index in [-0.39, 0.29) is 17.4 Å². The first-order valence-electron chi connectivity index (χ1n) is 7.60. The SMILES string of the molecule is CCNC(CCS(C)(=O)=O)C1(OC)CCC(C)(C)CC1. The highest BCUT2D eigenvalue weighted by Crippen LogP contribution is 2.44. The molecule has 5 heteroatoms. The highest BCUT2D eigenvalue weighted by atomic mass is 32.2. The van der Waals surface area contributed by atoms with E-state index in [9.17, 15) is 8.42 Å². The van der Waals surface area contributed by atoms with Crippen LogP contribution in [0.3, 0.4) is 0 Å². The van der Waals surface area contributed by atoms with Crippen LogP contribution in [0.4, 0.5) is 0 Å². The second-order valence-corrected chi connectivity index (χ2v) is 9.22. The van der Waals surface area contributed by atoms with Crippen molar-refractivity contribution in [2.24, 2.45) is 5.41 Å². The summed E-state index contributed by atoms with van der Waals surface area (Å²) in [6.45, 7) is 7.49. The number of rotatable bonds is 7. The molecule has 0 amide bonds. The quantitative estimate of drug-likeness (QED) is 0.784. The number of ether oxygens (including phenoxy) is 1. The lowest BCUT2D eigenvalue weighted by Gasteiger charge is -2.47. The van der Waals surface area contributed by atoms with Crippen LogP contribution in [0.25, 0.3) is 0 Å². The van der Waals surface area contributed by atoms with Gasteiger partial charge in [0.15, 0.2) is 0 Å². The van der Waals surface area contributed by atoms with Gasteiger partial charge in [0, 0.05) is 19.4 Å². The van der Waals surface area contributed by atoms with Crippen molar-refractivity contribution in [3.63, 3.8) is 0 Å². The number of nitrogens with one attached hydrogen (secondary N) is 1. The molecule has 0 saturated heterocycles. The van der Waals surface area contributed by atoms with Crippen LogP contribution in [0.1, 0.15) is 52.9 Å². The van der Waals surface area contributed by atoms with Crippen molar-refractivity contribution in [2.75, 3.05) is 25.7 Å². The van der Waals surface area contributed by atoms with Crippen LogP contribution in [0.5, 0.6) is 0 Å². The van der Waals surface area contributed by atoms with Crippen LogP contribution in [-0.2, 0) is 14.6 Å². The Morgan fingerprint density at radius 2 is 1.75 bits per heavy atom. The van der Waals surface area contributed by atoms with E-state index in [1.807, 2.05) is 0 Å². The molecule has 4 nitrogen and oxygen atoms in total. The van der Waals surface area contributed by atoms with E-state index in [1.54, 1.807) is 7.11 Å². The molecule has 0 aromatic carbocycles. The summed E-state index contributed by atoms with van der Waals surface area (Å²) in [5.41, 5.74) is 0.159. The minimum atomic E-state index is -2.93. The molecule has 0 spiro atoms. The summed E-state index contributed by atoms with van der Waals surface area (Å²) >= 11 is 0. The third kappa shape index (κ3) is 5.01. The van der Waals surface area contributed by atoms with Crippen LogP contribution in [-0.4, -0.2) is 45.7 Å². The Hall–Kier alpha value is -0.130. The summed E-state index contributed by atoms with van der Waals surface area (Å²) in [4.78, 5) is 0. The molecule has 1 atom stereocenters. The smallest absolute Gasteiger partial charge is 0.147 e. The van der Waals surface area contributed by atoms with Crippen LogP contribution >= 0.6 is 0 Å². The summed E-state index contributed by atoms with van der Waals surface area (Å²) in [5, 5.41) is 3.45. The highest BCUT2D eigenvalue weighted by molar-refractivity contribution is 7.90. The normalized spacial score (nSPS) is 23.4. The molecule has 1 aliphatic carbocycles. The van der Waals surface area contributed by atoms with Crippen molar-refractivity contribution in [1.29, 1.82) is 0 Å². The lowest BCUT2D eigenvalue weighted by Crippen LogP contribution is -2.55. The Balaban J connectivity index is 2.81. The zero-order chi connectivity index (χ0) is 15.4. The van der Waals surface area contributed by atoms with Crippen molar-refractivity contribution in [1.82, 2.24) is 5.32 Å². The van der Waals surface area contributed by atoms with Crippen LogP contribution < -0.4 is 5.32 Å². The predicted octanol–water partition coefficient (Wildman–Crippen LogP) is 2.38. The summed E-state index contributed by atoms with van der Waals surface area (Å²) < 4.78 is 28.8. The van der Waals surface area contributed by atoms with Gasteiger partial charge in [-0.3, -0.25) is 0 Å². The minimum absolute atomic E-state index is 0.114. The maximum absolute atomic E-state index is 11.4. The molecule has 0 bridgehead atoms. The lowest BCUT2D eigenvalue weighted by molar-refractivity contribution is -0.0864. The number of sulfone groups is 1. The molecule has 20 heavy (non-hydrogen) atoms. The summed E-state index contributed by atoms with van der Waals surface area (Å²) in [6, 6.07) is 0.114. The Kier molecular flexibility index (Phi) is 6.05. The van der Waals surface area contributed by atoms with Gasteiger partial charge < -0.3 is 10.1 Å². The molecule has 1 saturated carbocycles. The van der Waals surface area contributed by atoms with Gasteiger partial charge in [0.1, 0.15) is 9.84 Å². The number of methoxy groups -OCH3 is 1. The Labute approximate surface area is 124 Å². The van der Waals surface area contributed by atoms with Gasteiger partial charge in [-0.25, -0.2) is 8.42 Å². The van der Waals surface area contributed by atoms with Crippen LogP contribution in [0, 0.1) is 5.41 Å². The zero-order valence-electron chi connectivity index (χ0n) is 13.7. The Morgan fingerprint density at radius 1 is 1.20 bits per heavy atom. The maximum atomic E-state index is 11.4. The van der Waals surface area contributed by atoms with E-state index in [0.717, 1.165) is 32.2 Å². The molecule has 0 radical (unpaired) electrons. The summed E-state index contributed by atoms with van der Waals surface area (Å²) in [7, 11) is -1.16. The van der Waals surface area contributed by atoms with Crippen molar-refractivity contribution in [3.05, 3.63) is 0 Å². The van der Waals surface area contributed by atoms with Gasteiger partial charge in [-0.15, -0.1) is 0 Å². The first kappa shape index (κ1) is 17.9. The molecular weight excluding hydrogens is 274 g/mol. The number of hydrogen-bond acceptors (Lipinski definition) is 4. The van der Waals surface area contributed by atoms with Crippen LogP contribution in [0.15, 0.2) is 0 Å². The first-order chi connectivity index (χ1) is 9.14. The second kappa shape index (κ2) is 6.75. The second-order valence-electron chi connectivity index (χ2n) is 6.96. The molecule has 1 rings (SSSR count). The molecule has 0 aromatic heterocycles. The molecule has 0 aliphatic heterocycles. The van der Waals surface area contributed by atoms with E-state index in [2.05, 4.69) is 26.1 Å². The van der Waals surface area contributed by atoms with Gasteiger partial charge in [-0.1, -0.05) is 20.8 Å². The molecule has 0 aromatic rings. The fourth-order valence-corrected chi connectivity index (χ4v) is 3.84. The van der Waals surface area contributed by atoms with Crippen LogP contribution in [0.2, 0.25) is 0 Å². The topological polar surface area (TPSA) is 55.4 Å². The Morgan fingerprint density at radius 3 is 2.15 bits per heavy atom. The van der Waals surface area contributed by atoms with E-state index in [1.165, 1.54) is 6.26 Å². The summed E-state index contributed by atoms with van der Waals surface area (Å²) in [6.07, 6.45) is 6.18. The standard InChI is InChI=1S/C15H31NO3S/c1-6-16-13(7-12-20(5,17)18)15(19-4)10-8-14(2,3)9-11-15/h13,16H,6-12H2,1-5H3. The third-order valence-corrected chi connectivity index (χ3v) is 5.70. The summed E-state index contributed by atoms with van der Waals surface area (Å²) in [5.74, 6) is 0.221.